The SMILES string of the molecule is O=C(NCc1cccc(Cl)c1F)[C@H]1NCCS1. The summed E-state index contributed by atoms with van der Waals surface area (Å²) in [5, 5.41) is 5.59. The van der Waals surface area contributed by atoms with Gasteiger partial charge in [0.15, 0.2) is 0 Å². The number of hydrogen-bond acceptors (Lipinski definition) is 3. The van der Waals surface area contributed by atoms with Crippen molar-refractivity contribution in [1.29, 1.82) is 0 Å². The summed E-state index contributed by atoms with van der Waals surface area (Å²) in [7, 11) is 0. The minimum Gasteiger partial charge on any atom is -0.350 e. The van der Waals surface area contributed by atoms with Gasteiger partial charge in [0, 0.05) is 24.4 Å². The first-order chi connectivity index (χ1) is 8.18. The molecule has 1 heterocycles. The maximum atomic E-state index is 13.5. The smallest absolute Gasteiger partial charge is 0.247 e. The van der Waals surface area contributed by atoms with Gasteiger partial charge in [-0.05, 0) is 6.07 Å². The third kappa shape index (κ3) is 3.12. The van der Waals surface area contributed by atoms with Crippen LogP contribution in [0.15, 0.2) is 18.2 Å². The van der Waals surface area contributed by atoms with E-state index in [0.717, 1.165) is 12.3 Å². The highest BCUT2D eigenvalue weighted by atomic mass is 35.5. The van der Waals surface area contributed by atoms with E-state index in [1.54, 1.807) is 23.9 Å². The molecule has 1 amide bonds. The summed E-state index contributed by atoms with van der Waals surface area (Å²) in [6.45, 7) is 0.984. The average molecular weight is 275 g/mol. The quantitative estimate of drug-likeness (QED) is 0.882. The molecule has 1 atom stereocenters. The van der Waals surface area contributed by atoms with E-state index >= 15 is 0 Å². The largest absolute Gasteiger partial charge is 0.350 e. The van der Waals surface area contributed by atoms with Crippen LogP contribution in [0.3, 0.4) is 0 Å². The molecule has 0 saturated carbocycles. The molecule has 0 unspecified atom stereocenters. The number of benzene rings is 1. The fourth-order valence-corrected chi connectivity index (χ4v) is 2.69. The lowest BCUT2D eigenvalue weighted by Crippen LogP contribution is -2.38. The molecule has 0 aliphatic carbocycles. The lowest BCUT2D eigenvalue weighted by atomic mass is 10.2. The zero-order valence-electron chi connectivity index (χ0n) is 9.00. The molecule has 17 heavy (non-hydrogen) atoms. The van der Waals surface area contributed by atoms with Gasteiger partial charge in [0.05, 0.1) is 5.02 Å². The maximum Gasteiger partial charge on any atom is 0.247 e. The molecule has 1 aliphatic heterocycles. The van der Waals surface area contributed by atoms with Crippen molar-refractivity contribution in [3.05, 3.63) is 34.6 Å². The van der Waals surface area contributed by atoms with Crippen molar-refractivity contribution in [3.63, 3.8) is 0 Å². The number of halogens is 2. The van der Waals surface area contributed by atoms with Crippen molar-refractivity contribution in [2.24, 2.45) is 0 Å². The van der Waals surface area contributed by atoms with Gasteiger partial charge in [0.2, 0.25) is 5.91 Å². The molecule has 3 nitrogen and oxygen atoms in total. The van der Waals surface area contributed by atoms with Crippen LogP contribution >= 0.6 is 23.4 Å². The van der Waals surface area contributed by atoms with E-state index in [2.05, 4.69) is 10.6 Å². The zero-order chi connectivity index (χ0) is 12.3. The van der Waals surface area contributed by atoms with Gasteiger partial charge in [0.1, 0.15) is 11.2 Å². The van der Waals surface area contributed by atoms with Crippen LogP contribution in [0.5, 0.6) is 0 Å². The molecule has 1 aromatic carbocycles. The topological polar surface area (TPSA) is 41.1 Å². The van der Waals surface area contributed by atoms with Crippen LogP contribution in [-0.4, -0.2) is 23.6 Å². The summed E-state index contributed by atoms with van der Waals surface area (Å²) in [5.74, 6) is 0.331. The number of amides is 1. The molecule has 1 saturated heterocycles. The molecule has 0 spiro atoms. The molecule has 2 rings (SSSR count). The number of thioether (sulfide) groups is 1. The van der Waals surface area contributed by atoms with Crippen LogP contribution in [0.1, 0.15) is 5.56 Å². The van der Waals surface area contributed by atoms with Crippen LogP contribution in [0.4, 0.5) is 4.39 Å². The second-order valence-corrected chi connectivity index (χ2v) is 5.26. The van der Waals surface area contributed by atoms with Crippen molar-refractivity contribution in [1.82, 2.24) is 10.6 Å². The Hall–Kier alpha value is -0.780. The second kappa shape index (κ2) is 5.71. The van der Waals surface area contributed by atoms with Crippen molar-refractivity contribution in [3.8, 4) is 0 Å². The molecule has 6 heteroatoms. The number of rotatable bonds is 3. The Morgan fingerprint density at radius 1 is 1.65 bits per heavy atom. The minimum atomic E-state index is -0.471. The number of nitrogens with one attached hydrogen (secondary N) is 2. The van der Waals surface area contributed by atoms with Crippen molar-refractivity contribution >= 4 is 29.3 Å². The Labute approximate surface area is 108 Å². The van der Waals surface area contributed by atoms with E-state index in [-0.39, 0.29) is 22.8 Å². The van der Waals surface area contributed by atoms with Crippen LogP contribution in [-0.2, 0) is 11.3 Å². The van der Waals surface area contributed by atoms with Gasteiger partial charge in [-0.15, -0.1) is 11.8 Å². The highest BCUT2D eigenvalue weighted by molar-refractivity contribution is 8.00. The highest BCUT2D eigenvalue weighted by Crippen LogP contribution is 2.18. The van der Waals surface area contributed by atoms with E-state index in [1.807, 2.05) is 0 Å². The summed E-state index contributed by atoms with van der Waals surface area (Å²) >= 11 is 7.20. The van der Waals surface area contributed by atoms with Gasteiger partial charge in [-0.1, -0.05) is 23.7 Å². The first-order valence-electron chi connectivity index (χ1n) is 5.24. The average Bonchev–Trinajstić information content (AvgIpc) is 2.84. The standard InChI is InChI=1S/C11H12ClFN2OS/c12-8-3-1-2-7(9(8)13)6-15-10(16)11-14-4-5-17-11/h1-3,11,14H,4-6H2,(H,15,16)/t11-/m0/s1. The molecule has 2 N–H and O–H groups in total. The molecule has 92 valence electrons. The Kier molecular flexibility index (Phi) is 4.25. The van der Waals surface area contributed by atoms with E-state index < -0.39 is 5.82 Å². The van der Waals surface area contributed by atoms with Gasteiger partial charge in [-0.2, -0.15) is 0 Å². The molecular formula is C11H12ClFN2OS. The lowest BCUT2D eigenvalue weighted by Gasteiger charge is -2.11. The van der Waals surface area contributed by atoms with E-state index in [9.17, 15) is 9.18 Å². The molecule has 1 fully saturated rings. The predicted molar refractivity (Wildman–Crippen MR) is 67.5 cm³/mol. The van der Waals surface area contributed by atoms with Crippen molar-refractivity contribution < 1.29 is 9.18 Å². The lowest BCUT2D eigenvalue weighted by molar-refractivity contribution is -0.121. The maximum absolute atomic E-state index is 13.5. The van der Waals surface area contributed by atoms with Gasteiger partial charge >= 0.3 is 0 Å². The number of carbonyl (C=O) groups excluding carboxylic acids is 1. The molecule has 0 bridgehead atoms. The monoisotopic (exact) mass is 274 g/mol. The summed E-state index contributed by atoms with van der Waals surface area (Å²) < 4.78 is 13.5. The number of carbonyl (C=O) groups is 1. The van der Waals surface area contributed by atoms with Gasteiger partial charge in [0.25, 0.3) is 0 Å². The minimum absolute atomic E-state index is 0.0742. The summed E-state index contributed by atoms with van der Waals surface area (Å²) in [4.78, 5) is 11.7. The Morgan fingerprint density at radius 3 is 3.18 bits per heavy atom. The first kappa shape index (κ1) is 12.7. The normalized spacial score (nSPS) is 19.3. The highest BCUT2D eigenvalue weighted by Gasteiger charge is 2.22. The van der Waals surface area contributed by atoms with E-state index in [1.165, 1.54) is 6.07 Å². The molecule has 0 radical (unpaired) electrons. The van der Waals surface area contributed by atoms with E-state index in [0.29, 0.717) is 5.56 Å². The van der Waals surface area contributed by atoms with Gasteiger partial charge < -0.3 is 5.32 Å². The molecule has 0 aromatic heterocycles. The van der Waals surface area contributed by atoms with Crippen molar-refractivity contribution in [2.45, 2.75) is 11.9 Å². The molecule has 1 aromatic rings. The zero-order valence-corrected chi connectivity index (χ0v) is 10.6. The third-order valence-corrected chi connectivity index (χ3v) is 3.88. The Morgan fingerprint density at radius 2 is 2.47 bits per heavy atom. The van der Waals surface area contributed by atoms with E-state index in [4.69, 9.17) is 11.6 Å². The third-order valence-electron chi connectivity index (χ3n) is 2.44. The van der Waals surface area contributed by atoms with Gasteiger partial charge in [-0.3, -0.25) is 10.1 Å². The summed E-state index contributed by atoms with van der Waals surface area (Å²) in [5.41, 5.74) is 0.397. The fraction of sp³-hybridized carbons (Fsp3) is 0.364. The molecular weight excluding hydrogens is 263 g/mol. The Bertz CT molecular complexity index is 424. The van der Waals surface area contributed by atoms with Crippen LogP contribution in [0.25, 0.3) is 0 Å². The van der Waals surface area contributed by atoms with Gasteiger partial charge in [-0.25, -0.2) is 4.39 Å². The Balaban J connectivity index is 1.93. The molecule has 1 aliphatic rings. The first-order valence-corrected chi connectivity index (χ1v) is 6.67. The second-order valence-electron chi connectivity index (χ2n) is 3.64. The number of hydrogen-bond donors (Lipinski definition) is 2. The summed E-state index contributed by atoms with van der Waals surface area (Å²) in [6, 6.07) is 4.75. The van der Waals surface area contributed by atoms with Crippen LogP contribution in [0, 0.1) is 5.82 Å². The summed E-state index contributed by atoms with van der Waals surface area (Å²) in [6.07, 6.45) is 0. The van der Waals surface area contributed by atoms with Crippen LogP contribution < -0.4 is 10.6 Å². The van der Waals surface area contributed by atoms with Crippen molar-refractivity contribution in [2.75, 3.05) is 12.3 Å². The predicted octanol–water partition coefficient (Wildman–Crippen LogP) is 1.76. The van der Waals surface area contributed by atoms with Crippen LogP contribution in [0.2, 0.25) is 5.02 Å². The fourth-order valence-electron chi connectivity index (χ4n) is 1.55.